The van der Waals surface area contributed by atoms with Gasteiger partial charge in [0.1, 0.15) is 0 Å². The molecule has 2 rings (SSSR count). The first kappa shape index (κ1) is 14.9. The van der Waals surface area contributed by atoms with Crippen LogP contribution < -0.4 is 11.1 Å². The number of aryl methyl sites for hydroxylation is 1. The van der Waals surface area contributed by atoms with Crippen LogP contribution in [0.15, 0.2) is 36.9 Å². The summed E-state index contributed by atoms with van der Waals surface area (Å²) in [6, 6.07) is 5.30. The van der Waals surface area contributed by atoms with Crippen LogP contribution in [-0.2, 0) is 6.54 Å². The summed E-state index contributed by atoms with van der Waals surface area (Å²) < 4.78 is 2.02. The highest BCUT2D eigenvalue weighted by Crippen LogP contribution is 2.20. The number of hydrogen-bond acceptors (Lipinski definition) is 4. The summed E-state index contributed by atoms with van der Waals surface area (Å²) in [7, 11) is 3.47. The third kappa shape index (κ3) is 3.98. The van der Waals surface area contributed by atoms with Crippen molar-refractivity contribution in [3.63, 3.8) is 0 Å². The van der Waals surface area contributed by atoms with Crippen LogP contribution in [0.3, 0.4) is 0 Å². The van der Waals surface area contributed by atoms with Gasteiger partial charge >= 0.3 is 0 Å². The van der Waals surface area contributed by atoms with Crippen molar-refractivity contribution < 1.29 is 4.79 Å². The second-order valence-corrected chi connectivity index (χ2v) is 5.08. The third-order valence-electron chi connectivity index (χ3n) is 3.17. The minimum atomic E-state index is -0.0311. The summed E-state index contributed by atoms with van der Waals surface area (Å²) in [5.74, 6) is -0.0311. The van der Waals surface area contributed by atoms with Crippen LogP contribution in [0, 0.1) is 0 Å². The fourth-order valence-electron chi connectivity index (χ4n) is 2.00. The molecule has 1 heterocycles. The minimum absolute atomic E-state index is 0.0311. The molecular formula is C15H21N5O. The second-order valence-electron chi connectivity index (χ2n) is 5.08. The van der Waals surface area contributed by atoms with Crippen LogP contribution in [0.4, 0.5) is 11.4 Å². The van der Waals surface area contributed by atoms with Gasteiger partial charge in [-0.3, -0.25) is 4.79 Å². The van der Waals surface area contributed by atoms with Crippen molar-refractivity contribution in [3.8, 4) is 0 Å². The predicted molar refractivity (Wildman–Crippen MR) is 84.2 cm³/mol. The quantitative estimate of drug-likeness (QED) is 0.626. The Balaban J connectivity index is 1.92. The molecule has 0 saturated heterocycles. The van der Waals surface area contributed by atoms with Gasteiger partial charge in [-0.15, -0.1) is 0 Å². The van der Waals surface area contributed by atoms with Crippen LogP contribution in [0.25, 0.3) is 0 Å². The van der Waals surface area contributed by atoms with E-state index in [1.54, 1.807) is 49.7 Å². The van der Waals surface area contributed by atoms with Crippen molar-refractivity contribution in [1.29, 1.82) is 0 Å². The van der Waals surface area contributed by atoms with Gasteiger partial charge in [-0.05, 0) is 24.6 Å². The molecule has 6 heteroatoms. The van der Waals surface area contributed by atoms with Gasteiger partial charge in [-0.2, -0.15) is 0 Å². The van der Waals surface area contributed by atoms with E-state index >= 15 is 0 Å². The molecule has 1 amide bonds. The van der Waals surface area contributed by atoms with Crippen molar-refractivity contribution in [2.45, 2.75) is 13.0 Å². The highest BCUT2D eigenvalue weighted by Gasteiger charge is 2.09. The molecule has 0 saturated carbocycles. The van der Waals surface area contributed by atoms with E-state index in [0.29, 0.717) is 11.3 Å². The van der Waals surface area contributed by atoms with Crippen LogP contribution >= 0.6 is 0 Å². The fraction of sp³-hybridized carbons (Fsp3) is 0.333. The number of amides is 1. The predicted octanol–water partition coefficient (Wildman–Crippen LogP) is 1.67. The van der Waals surface area contributed by atoms with E-state index < -0.39 is 0 Å². The Labute approximate surface area is 124 Å². The number of nitrogen functional groups attached to an aromatic ring is 1. The summed E-state index contributed by atoms with van der Waals surface area (Å²) >= 11 is 0. The first-order chi connectivity index (χ1) is 10.1. The van der Waals surface area contributed by atoms with E-state index in [1.165, 1.54) is 0 Å². The molecule has 1 aromatic carbocycles. The van der Waals surface area contributed by atoms with Gasteiger partial charge in [0, 0.05) is 45.1 Å². The summed E-state index contributed by atoms with van der Waals surface area (Å²) in [4.78, 5) is 17.5. The Morgan fingerprint density at radius 1 is 1.43 bits per heavy atom. The molecule has 2 aromatic rings. The Hall–Kier alpha value is -2.50. The molecule has 0 radical (unpaired) electrons. The van der Waals surface area contributed by atoms with Gasteiger partial charge in [-0.1, -0.05) is 0 Å². The number of benzene rings is 1. The third-order valence-corrected chi connectivity index (χ3v) is 3.17. The fourth-order valence-corrected chi connectivity index (χ4v) is 2.00. The zero-order valence-corrected chi connectivity index (χ0v) is 12.4. The van der Waals surface area contributed by atoms with Crippen molar-refractivity contribution in [2.24, 2.45) is 0 Å². The van der Waals surface area contributed by atoms with E-state index in [9.17, 15) is 4.79 Å². The van der Waals surface area contributed by atoms with Gasteiger partial charge in [0.25, 0.3) is 5.91 Å². The molecule has 21 heavy (non-hydrogen) atoms. The highest BCUT2D eigenvalue weighted by molar-refractivity contribution is 5.95. The van der Waals surface area contributed by atoms with Crippen molar-refractivity contribution in [1.82, 2.24) is 14.5 Å². The number of rotatable bonds is 6. The molecule has 0 aliphatic carbocycles. The van der Waals surface area contributed by atoms with E-state index in [4.69, 9.17) is 5.73 Å². The lowest BCUT2D eigenvalue weighted by molar-refractivity contribution is 0.0827. The number of nitrogens with zero attached hydrogens (tertiary/aromatic N) is 3. The minimum Gasteiger partial charge on any atom is -0.397 e. The molecule has 6 nitrogen and oxygen atoms in total. The Kier molecular flexibility index (Phi) is 4.81. The maximum atomic E-state index is 11.9. The molecule has 0 aliphatic rings. The second kappa shape index (κ2) is 6.78. The lowest BCUT2D eigenvalue weighted by atomic mass is 10.1. The van der Waals surface area contributed by atoms with Crippen molar-refractivity contribution in [2.75, 3.05) is 31.7 Å². The number of carbonyl (C=O) groups is 1. The summed E-state index contributed by atoms with van der Waals surface area (Å²) in [5, 5.41) is 3.28. The maximum absolute atomic E-state index is 11.9. The lowest BCUT2D eigenvalue weighted by Crippen LogP contribution is -2.21. The van der Waals surface area contributed by atoms with E-state index in [2.05, 4.69) is 10.3 Å². The Morgan fingerprint density at radius 2 is 2.24 bits per heavy atom. The molecule has 0 aliphatic heterocycles. The number of imidazole rings is 1. The van der Waals surface area contributed by atoms with Gasteiger partial charge in [-0.25, -0.2) is 4.98 Å². The highest BCUT2D eigenvalue weighted by atomic mass is 16.2. The summed E-state index contributed by atoms with van der Waals surface area (Å²) in [6.07, 6.45) is 6.44. The molecule has 3 N–H and O–H groups in total. The molecule has 0 fully saturated rings. The molecule has 112 valence electrons. The van der Waals surface area contributed by atoms with E-state index in [-0.39, 0.29) is 5.91 Å². The zero-order chi connectivity index (χ0) is 15.2. The smallest absolute Gasteiger partial charge is 0.253 e. The van der Waals surface area contributed by atoms with E-state index in [0.717, 1.165) is 25.2 Å². The van der Waals surface area contributed by atoms with Gasteiger partial charge in [0.15, 0.2) is 0 Å². The average Bonchev–Trinajstić information content (AvgIpc) is 2.97. The van der Waals surface area contributed by atoms with Crippen molar-refractivity contribution in [3.05, 3.63) is 42.5 Å². The standard InChI is InChI=1S/C15H21N5O/c1-19(2)15(21)12-4-5-13(16)14(10-12)18-6-3-8-20-9-7-17-11-20/h4-5,7,9-11,18H,3,6,8,16H2,1-2H3. The van der Waals surface area contributed by atoms with Crippen LogP contribution in [0.2, 0.25) is 0 Å². The average molecular weight is 287 g/mol. The number of anilines is 2. The van der Waals surface area contributed by atoms with Gasteiger partial charge in [0.2, 0.25) is 0 Å². The molecule has 0 atom stereocenters. The number of nitrogens with one attached hydrogen (secondary N) is 1. The van der Waals surface area contributed by atoms with E-state index in [1.807, 2.05) is 10.8 Å². The number of nitrogens with two attached hydrogens (primary N) is 1. The van der Waals surface area contributed by atoms with Crippen LogP contribution in [0.1, 0.15) is 16.8 Å². The van der Waals surface area contributed by atoms with Gasteiger partial charge < -0.3 is 20.5 Å². The van der Waals surface area contributed by atoms with Gasteiger partial charge in [0.05, 0.1) is 17.7 Å². The molecule has 0 bridgehead atoms. The van der Waals surface area contributed by atoms with Crippen LogP contribution in [0.5, 0.6) is 0 Å². The largest absolute Gasteiger partial charge is 0.397 e. The number of hydrogen-bond donors (Lipinski definition) is 2. The lowest BCUT2D eigenvalue weighted by Gasteiger charge is -2.14. The maximum Gasteiger partial charge on any atom is 0.253 e. The Bertz CT molecular complexity index is 592. The topological polar surface area (TPSA) is 76.2 Å². The molecule has 1 aromatic heterocycles. The molecule has 0 unspecified atom stereocenters. The number of carbonyl (C=O) groups excluding carboxylic acids is 1. The summed E-state index contributed by atoms with van der Waals surface area (Å²) in [5.41, 5.74) is 8.02. The number of aromatic nitrogens is 2. The van der Waals surface area contributed by atoms with Crippen LogP contribution in [-0.4, -0.2) is 41.0 Å². The molecular weight excluding hydrogens is 266 g/mol. The SMILES string of the molecule is CN(C)C(=O)c1ccc(N)c(NCCCn2ccnc2)c1. The normalized spacial score (nSPS) is 10.4. The molecule has 0 spiro atoms. The van der Waals surface area contributed by atoms with Crippen molar-refractivity contribution >= 4 is 17.3 Å². The Morgan fingerprint density at radius 3 is 2.90 bits per heavy atom. The first-order valence-corrected chi connectivity index (χ1v) is 6.88. The summed E-state index contributed by atoms with van der Waals surface area (Å²) in [6.45, 7) is 1.67. The first-order valence-electron chi connectivity index (χ1n) is 6.88. The monoisotopic (exact) mass is 287 g/mol. The zero-order valence-electron chi connectivity index (χ0n) is 12.4.